The van der Waals surface area contributed by atoms with Gasteiger partial charge in [-0.3, -0.25) is 14.5 Å². The molecule has 3 heterocycles. The van der Waals surface area contributed by atoms with Gasteiger partial charge in [0.25, 0.3) is 0 Å². The van der Waals surface area contributed by atoms with Gasteiger partial charge in [-0.1, -0.05) is 6.07 Å². The lowest BCUT2D eigenvalue weighted by Gasteiger charge is -2.16. The molecule has 1 N–H and O–H groups in total. The Hall–Kier alpha value is -2.37. The fourth-order valence-electron chi connectivity index (χ4n) is 2.76. The summed E-state index contributed by atoms with van der Waals surface area (Å²) in [6, 6.07) is 3.75. The number of carbonyl (C=O) groups is 1. The van der Waals surface area contributed by atoms with Gasteiger partial charge in [-0.2, -0.15) is 5.10 Å². The fourth-order valence-corrected chi connectivity index (χ4v) is 2.76. The summed E-state index contributed by atoms with van der Waals surface area (Å²) >= 11 is 0. The first-order valence-electron chi connectivity index (χ1n) is 7.62. The molecule has 2 aromatic heterocycles. The Morgan fingerprint density at radius 2 is 2.14 bits per heavy atom. The summed E-state index contributed by atoms with van der Waals surface area (Å²) in [6.45, 7) is 3.98. The molecule has 6 heteroatoms. The zero-order valence-electron chi connectivity index (χ0n) is 13.0. The topological polar surface area (TPSA) is 63.1 Å². The van der Waals surface area contributed by atoms with Gasteiger partial charge in [0.05, 0.1) is 12.1 Å². The molecular weight excluding hydrogens is 278 g/mol. The fraction of sp³-hybridized carbons (Fsp3) is 0.438. The first kappa shape index (κ1) is 14.6. The van der Waals surface area contributed by atoms with Crippen LogP contribution in [0.4, 0.5) is 11.5 Å². The number of pyridine rings is 1. The Kier molecular flexibility index (Phi) is 4.09. The highest BCUT2D eigenvalue weighted by atomic mass is 16.1. The van der Waals surface area contributed by atoms with Gasteiger partial charge in [-0.25, -0.2) is 0 Å². The zero-order chi connectivity index (χ0) is 15.5. The van der Waals surface area contributed by atoms with Crippen LogP contribution in [0.2, 0.25) is 0 Å². The van der Waals surface area contributed by atoms with Crippen molar-refractivity contribution in [2.24, 2.45) is 7.05 Å². The summed E-state index contributed by atoms with van der Waals surface area (Å²) < 4.78 is 1.83. The Labute approximate surface area is 130 Å². The molecule has 0 unspecified atom stereocenters. The van der Waals surface area contributed by atoms with E-state index < -0.39 is 0 Å². The first-order chi connectivity index (χ1) is 10.6. The number of aromatic nitrogens is 3. The third-order valence-corrected chi connectivity index (χ3v) is 4.07. The van der Waals surface area contributed by atoms with E-state index in [0.717, 1.165) is 35.9 Å². The normalized spacial score (nSPS) is 14.4. The van der Waals surface area contributed by atoms with Crippen LogP contribution in [0, 0.1) is 6.92 Å². The van der Waals surface area contributed by atoms with Gasteiger partial charge in [0.2, 0.25) is 5.91 Å². The monoisotopic (exact) mass is 299 g/mol. The summed E-state index contributed by atoms with van der Waals surface area (Å²) in [4.78, 5) is 18.6. The van der Waals surface area contributed by atoms with Crippen LogP contribution < -0.4 is 10.2 Å². The van der Waals surface area contributed by atoms with Crippen molar-refractivity contribution in [1.82, 2.24) is 14.8 Å². The second-order valence-corrected chi connectivity index (χ2v) is 5.69. The predicted molar refractivity (Wildman–Crippen MR) is 86.0 cm³/mol. The van der Waals surface area contributed by atoms with E-state index in [0.29, 0.717) is 6.42 Å². The summed E-state index contributed by atoms with van der Waals surface area (Å²) in [5, 5.41) is 7.60. The Balaban J connectivity index is 1.77. The minimum atomic E-state index is -0.0375. The van der Waals surface area contributed by atoms with Crippen molar-refractivity contribution in [3.05, 3.63) is 35.8 Å². The number of nitrogens with one attached hydrogen (secondary N) is 1. The average molecular weight is 299 g/mol. The number of rotatable bonds is 4. The highest BCUT2D eigenvalue weighted by Crippen LogP contribution is 2.30. The van der Waals surface area contributed by atoms with E-state index in [-0.39, 0.29) is 5.91 Å². The Morgan fingerprint density at radius 3 is 2.82 bits per heavy atom. The third kappa shape index (κ3) is 2.95. The van der Waals surface area contributed by atoms with Crippen LogP contribution in [0.5, 0.6) is 0 Å². The van der Waals surface area contributed by atoms with Gasteiger partial charge in [-0.15, -0.1) is 0 Å². The first-order valence-corrected chi connectivity index (χ1v) is 7.62. The van der Waals surface area contributed by atoms with E-state index in [1.807, 2.05) is 30.8 Å². The zero-order valence-corrected chi connectivity index (χ0v) is 13.0. The molecule has 1 aliphatic rings. The van der Waals surface area contributed by atoms with E-state index in [1.54, 1.807) is 12.4 Å². The lowest BCUT2D eigenvalue weighted by molar-refractivity contribution is -0.115. The molecule has 0 bridgehead atoms. The number of hydrogen-bond donors (Lipinski definition) is 1. The summed E-state index contributed by atoms with van der Waals surface area (Å²) in [7, 11) is 1.91. The highest BCUT2D eigenvalue weighted by Gasteiger charge is 2.23. The smallest absolute Gasteiger partial charge is 0.229 e. The second-order valence-electron chi connectivity index (χ2n) is 5.69. The molecular formula is C16H21N5O. The second kappa shape index (κ2) is 6.17. The molecule has 2 aromatic rings. The van der Waals surface area contributed by atoms with Crippen LogP contribution in [0.15, 0.2) is 24.5 Å². The molecule has 116 valence electrons. The molecule has 22 heavy (non-hydrogen) atoms. The van der Waals surface area contributed by atoms with E-state index in [1.165, 1.54) is 12.8 Å². The van der Waals surface area contributed by atoms with Crippen molar-refractivity contribution in [2.75, 3.05) is 23.3 Å². The molecule has 0 aliphatic carbocycles. The maximum Gasteiger partial charge on any atom is 0.229 e. The summed E-state index contributed by atoms with van der Waals surface area (Å²) in [5.74, 6) is 0.849. The Bertz CT molecular complexity index is 659. The average Bonchev–Trinajstić information content (AvgIpc) is 3.12. The van der Waals surface area contributed by atoms with Gasteiger partial charge in [0.15, 0.2) is 5.82 Å². The van der Waals surface area contributed by atoms with Crippen molar-refractivity contribution < 1.29 is 4.79 Å². The number of amides is 1. The molecule has 6 nitrogen and oxygen atoms in total. The molecule has 0 aromatic carbocycles. The highest BCUT2D eigenvalue weighted by molar-refractivity contribution is 5.95. The minimum Gasteiger partial charge on any atom is -0.353 e. The van der Waals surface area contributed by atoms with Gasteiger partial charge in [0, 0.05) is 32.5 Å². The van der Waals surface area contributed by atoms with Crippen molar-refractivity contribution in [3.63, 3.8) is 0 Å². The maximum atomic E-state index is 12.3. The molecule has 0 spiro atoms. The summed E-state index contributed by atoms with van der Waals surface area (Å²) in [5.41, 5.74) is 2.71. The van der Waals surface area contributed by atoms with Gasteiger partial charge in [0.1, 0.15) is 5.69 Å². The molecule has 0 radical (unpaired) electrons. The third-order valence-electron chi connectivity index (χ3n) is 4.07. The number of anilines is 2. The molecule has 1 fully saturated rings. The standard InChI is InChI=1S/C16H21N5O/c1-12-15(16(19-20(12)2)21-8-3-4-9-21)18-14(22)10-13-6-5-7-17-11-13/h5-7,11H,3-4,8-10H2,1-2H3,(H,18,22). The molecule has 1 amide bonds. The van der Waals surface area contributed by atoms with Crippen LogP contribution in [-0.2, 0) is 18.3 Å². The van der Waals surface area contributed by atoms with Crippen LogP contribution in [-0.4, -0.2) is 33.8 Å². The lowest BCUT2D eigenvalue weighted by Crippen LogP contribution is -2.22. The van der Waals surface area contributed by atoms with Crippen molar-refractivity contribution in [2.45, 2.75) is 26.2 Å². The molecule has 1 saturated heterocycles. The Morgan fingerprint density at radius 1 is 1.36 bits per heavy atom. The molecule has 0 atom stereocenters. The predicted octanol–water partition coefficient (Wildman–Crippen LogP) is 1.90. The molecule has 3 rings (SSSR count). The minimum absolute atomic E-state index is 0.0375. The van der Waals surface area contributed by atoms with Crippen molar-refractivity contribution in [1.29, 1.82) is 0 Å². The van der Waals surface area contributed by atoms with Crippen molar-refractivity contribution in [3.8, 4) is 0 Å². The largest absolute Gasteiger partial charge is 0.353 e. The quantitative estimate of drug-likeness (QED) is 0.936. The van der Waals surface area contributed by atoms with Crippen LogP contribution in [0.25, 0.3) is 0 Å². The van der Waals surface area contributed by atoms with Gasteiger partial charge < -0.3 is 10.2 Å². The van der Waals surface area contributed by atoms with Crippen molar-refractivity contribution >= 4 is 17.4 Å². The molecule has 1 aliphatic heterocycles. The van der Waals surface area contributed by atoms with Gasteiger partial charge in [-0.05, 0) is 31.4 Å². The SMILES string of the molecule is Cc1c(NC(=O)Cc2cccnc2)c(N2CCCC2)nn1C. The molecule has 0 saturated carbocycles. The van der Waals surface area contributed by atoms with E-state index in [9.17, 15) is 4.79 Å². The number of hydrogen-bond acceptors (Lipinski definition) is 4. The maximum absolute atomic E-state index is 12.3. The summed E-state index contributed by atoms with van der Waals surface area (Å²) in [6.07, 6.45) is 6.11. The lowest BCUT2D eigenvalue weighted by atomic mass is 10.2. The van der Waals surface area contributed by atoms with Crippen LogP contribution in [0.1, 0.15) is 24.1 Å². The van der Waals surface area contributed by atoms with E-state index in [4.69, 9.17) is 0 Å². The van der Waals surface area contributed by atoms with E-state index >= 15 is 0 Å². The number of carbonyl (C=O) groups excluding carboxylic acids is 1. The van der Waals surface area contributed by atoms with Gasteiger partial charge >= 0.3 is 0 Å². The number of aryl methyl sites for hydroxylation is 1. The number of nitrogens with zero attached hydrogens (tertiary/aromatic N) is 4. The van der Waals surface area contributed by atoms with Crippen LogP contribution in [0.3, 0.4) is 0 Å². The van der Waals surface area contributed by atoms with E-state index in [2.05, 4.69) is 20.3 Å². The van der Waals surface area contributed by atoms with Crippen LogP contribution >= 0.6 is 0 Å².